The summed E-state index contributed by atoms with van der Waals surface area (Å²) in [5.41, 5.74) is 21.4. The molecule has 12 rings (SSSR count). The third-order valence-corrected chi connectivity index (χ3v) is 16.1. The van der Waals surface area contributed by atoms with E-state index in [-0.39, 0.29) is 29.6 Å². The maximum atomic E-state index is 11.5. The van der Waals surface area contributed by atoms with Crippen LogP contribution in [0.25, 0.3) is 32.7 Å². The highest BCUT2D eigenvalue weighted by Crippen LogP contribution is 2.38. The molecule has 9 aromatic rings. The molecule has 0 spiro atoms. The van der Waals surface area contributed by atoms with Crippen LogP contribution in [0.15, 0.2) is 141 Å². The molecule has 3 aromatic heterocycles. The first-order chi connectivity index (χ1) is 38.1. The third kappa shape index (κ3) is 13.5. The van der Waals surface area contributed by atoms with Gasteiger partial charge in [0.25, 0.3) is 0 Å². The van der Waals surface area contributed by atoms with E-state index >= 15 is 0 Å². The summed E-state index contributed by atoms with van der Waals surface area (Å²) in [5.74, 6) is 0.0889. The third-order valence-electron chi connectivity index (χ3n) is 14.6. The second-order valence-electron chi connectivity index (χ2n) is 19.5. The molecule has 3 aliphatic rings. The Hall–Kier alpha value is -6.04. The van der Waals surface area contributed by atoms with Gasteiger partial charge in [-0.25, -0.2) is 9.59 Å². The Morgan fingerprint density at radius 2 is 0.935 bits per heavy atom. The molecule has 0 fully saturated rings. The van der Waals surface area contributed by atoms with Crippen LogP contribution in [0.2, 0.25) is 0 Å². The van der Waals surface area contributed by atoms with Gasteiger partial charge in [0.15, 0.2) is 0 Å². The molecule has 0 saturated heterocycles. The molecule has 3 heterocycles. The van der Waals surface area contributed by atoms with Gasteiger partial charge in [0.05, 0.1) is 41.8 Å². The Morgan fingerprint density at radius 1 is 0.558 bits per heavy atom. The van der Waals surface area contributed by atoms with Crippen molar-refractivity contribution in [2.45, 2.75) is 95.6 Å². The minimum atomic E-state index is -2.29. The number of aromatic nitrogens is 3. The van der Waals surface area contributed by atoms with Crippen molar-refractivity contribution in [3.8, 4) is 5.75 Å². The topological polar surface area (TPSA) is 180 Å². The lowest BCUT2D eigenvalue weighted by molar-refractivity contribution is 0.0592. The zero-order valence-electron chi connectivity index (χ0n) is 45.3. The molecule has 0 amide bonds. The molecular formula is C62H65Br3N6O6. The molecule has 0 radical (unpaired) electrons. The number of hydrogen-bond acceptors (Lipinski definition) is 9. The fraction of sp³-hybridized carbons (Fsp3) is 0.290. The normalized spacial score (nSPS) is 16.9. The van der Waals surface area contributed by atoms with Gasteiger partial charge in [-0.3, -0.25) is 0 Å². The number of ether oxygens (including phenoxy) is 3. The van der Waals surface area contributed by atoms with E-state index in [2.05, 4.69) is 133 Å². The highest BCUT2D eigenvalue weighted by atomic mass is 79.9. The van der Waals surface area contributed by atoms with E-state index in [1.165, 1.54) is 93.5 Å². The van der Waals surface area contributed by atoms with Crippen LogP contribution in [-0.2, 0) is 48.4 Å². The monoisotopic (exact) mass is 1230 g/mol. The summed E-state index contributed by atoms with van der Waals surface area (Å²) in [5, 5.41) is 20.7. The number of benzene rings is 6. The van der Waals surface area contributed by atoms with Crippen LogP contribution < -0.4 is 21.1 Å². The highest BCUT2D eigenvalue weighted by molar-refractivity contribution is 9.11. The number of nitrogens with two attached hydrogens (primary N) is 1. The summed E-state index contributed by atoms with van der Waals surface area (Å²) < 4.78 is 32.3. The first-order valence-corrected chi connectivity index (χ1v) is 28.3. The van der Waals surface area contributed by atoms with Crippen molar-refractivity contribution in [1.82, 2.24) is 25.6 Å². The Labute approximate surface area is 477 Å². The second-order valence-corrected chi connectivity index (χ2v) is 22.2. The van der Waals surface area contributed by atoms with E-state index in [4.69, 9.17) is 17.9 Å². The summed E-state index contributed by atoms with van der Waals surface area (Å²) in [4.78, 5) is 33.1. The SMILES string of the molecule is COC(=O)c1ccc(CN[C@@H]2CCCc3c2[nH]c2ccc(Br)cc32)cc1.COC(=O)c1ccc(OC)cc1.N[C@@H]1CCCc2c1[nH]c1ccc(Br)cc21.[2H]C([2H])(O)c1ccc(CN[C@@H]2CCCc3c2[nH]c2ccc(Br)cc32)cc1. The molecule has 0 aliphatic heterocycles. The molecule has 400 valence electrons. The minimum absolute atomic E-state index is 0.194. The molecule has 6 aromatic carbocycles. The zero-order valence-corrected chi connectivity index (χ0v) is 48.1. The quantitative estimate of drug-likeness (QED) is 0.0656. The first-order valence-electron chi connectivity index (χ1n) is 26.9. The Bertz CT molecular complexity index is 3560. The lowest BCUT2D eigenvalue weighted by Crippen LogP contribution is -2.24. The predicted molar refractivity (Wildman–Crippen MR) is 317 cm³/mol. The lowest BCUT2D eigenvalue weighted by Gasteiger charge is -2.24. The van der Waals surface area contributed by atoms with Crippen LogP contribution >= 0.6 is 47.8 Å². The fourth-order valence-electron chi connectivity index (χ4n) is 10.6. The number of halogens is 3. The van der Waals surface area contributed by atoms with E-state index in [1.54, 1.807) is 43.5 Å². The molecule has 3 aliphatic carbocycles. The molecule has 12 nitrogen and oxygen atoms in total. The van der Waals surface area contributed by atoms with Crippen molar-refractivity contribution in [3.63, 3.8) is 0 Å². The van der Waals surface area contributed by atoms with E-state index in [1.807, 2.05) is 36.4 Å². The largest absolute Gasteiger partial charge is 0.497 e. The number of hydrogen-bond donors (Lipinski definition) is 7. The molecule has 8 N–H and O–H groups in total. The summed E-state index contributed by atoms with van der Waals surface area (Å²) in [6.07, 6.45) is 10.2. The number of H-pyrrole nitrogens is 3. The number of methoxy groups -OCH3 is 3. The van der Waals surface area contributed by atoms with Gasteiger partial charge in [-0.1, -0.05) is 84.2 Å². The number of carbonyl (C=O) groups excluding carboxylic acids is 2. The van der Waals surface area contributed by atoms with Crippen LogP contribution in [0.4, 0.5) is 0 Å². The van der Waals surface area contributed by atoms with Gasteiger partial charge in [0, 0.05) is 94.4 Å². The van der Waals surface area contributed by atoms with Crippen molar-refractivity contribution >= 4 is 92.4 Å². The second kappa shape index (κ2) is 26.1. The summed E-state index contributed by atoms with van der Waals surface area (Å²) in [7, 11) is 4.33. The van der Waals surface area contributed by atoms with Crippen molar-refractivity contribution in [2.24, 2.45) is 5.73 Å². The molecule has 15 heteroatoms. The number of carbonyl (C=O) groups is 2. The van der Waals surface area contributed by atoms with Crippen molar-refractivity contribution in [1.29, 1.82) is 0 Å². The highest BCUT2D eigenvalue weighted by Gasteiger charge is 2.26. The van der Waals surface area contributed by atoms with Crippen molar-refractivity contribution in [2.75, 3.05) is 21.3 Å². The van der Waals surface area contributed by atoms with E-state index < -0.39 is 6.56 Å². The number of nitrogens with one attached hydrogen (secondary N) is 5. The van der Waals surface area contributed by atoms with Gasteiger partial charge >= 0.3 is 11.9 Å². The average molecular weight is 1230 g/mol. The van der Waals surface area contributed by atoms with E-state index in [0.29, 0.717) is 23.7 Å². The number of aliphatic hydroxyl groups is 1. The molecule has 0 unspecified atom stereocenters. The van der Waals surface area contributed by atoms with Crippen molar-refractivity contribution in [3.05, 3.63) is 202 Å². The number of esters is 2. The standard InChI is InChI=1S/C21H21BrN2O2.C20H21BrN2O.C12H13BrN2.C9H10O3/c1-26-21(25)14-7-5-13(6-8-14)12-23-19-4-2-3-16-17-11-15(22)9-10-18(17)24-20(16)19;21-15-8-9-18-17(10-15)16-2-1-3-19(20(16)23-18)22-11-13-4-6-14(12-24)7-5-13;13-7-4-5-11-9(6-7)8-2-1-3-10(14)12(8)15-11;1-11-8-5-3-7(4-6-8)9(10)12-2/h5-11,19,23-24H,2-4,12H2,1H3;4-10,19,22-24H,1-3,11-12H2;4-6,10,15H,1-3,14H2;3-6H,1-2H3/t2*19-;10-;/m111./s1/i;12D2;;. The summed E-state index contributed by atoms with van der Waals surface area (Å²) >= 11 is 10.7. The number of aryl methyl sites for hydroxylation is 3. The van der Waals surface area contributed by atoms with Crippen molar-refractivity contribution < 1.29 is 31.6 Å². The minimum Gasteiger partial charge on any atom is -0.497 e. The van der Waals surface area contributed by atoms with E-state index in [0.717, 1.165) is 81.8 Å². The maximum Gasteiger partial charge on any atom is 0.337 e. The van der Waals surface area contributed by atoms with Gasteiger partial charge in [0.1, 0.15) is 5.75 Å². The Kier molecular flexibility index (Phi) is 17.9. The zero-order chi connectivity index (χ0) is 55.8. The van der Waals surface area contributed by atoms with Crippen LogP contribution in [0.5, 0.6) is 5.75 Å². The average Bonchev–Trinajstić information content (AvgIpc) is 4.32. The van der Waals surface area contributed by atoms with Gasteiger partial charge in [-0.05, 0) is 182 Å². The van der Waals surface area contributed by atoms with Gasteiger partial charge in [-0.15, -0.1) is 0 Å². The molecular weight excluding hydrogens is 1160 g/mol. The smallest absolute Gasteiger partial charge is 0.337 e. The molecule has 3 atom stereocenters. The Morgan fingerprint density at radius 3 is 1.35 bits per heavy atom. The summed E-state index contributed by atoms with van der Waals surface area (Å²) in [6, 6.07) is 41.3. The van der Waals surface area contributed by atoms with Crippen LogP contribution in [0.3, 0.4) is 0 Å². The van der Waals surface area contributed by atoms with Crippen LogP contribution in [0, 0.1) is 0 Å². The molecule has 77 heavy (non-hydrogen) atoms. The first kappa shape index (κ1) is 53.0. The fourth-order valence-corrected chi connectivity index (χ4v) is 11.7. The van der Waals surface area contributed by atoms with E-state index in [9.17, 15) is 14.7 Å². The predicted octanol–water partition coefficient (Wildman–Crippen LogP) is 14.2. The van der Waals surface area contributed by atoms with Crippen LogP contribution in [0.1, 0.15) is 131 Å². The number of fused-ring (bicyclic) bond motifs is 9. The number of rotatable bonds is 10. The van der Waals surface area contributed by atoms with Crippen LogP contribution in [-0.4, -0.2) is 53.3 Å². The number of aromatic amines is 3. The van der Waals surface area contributed by atoms with Gasteiger partial charge in [-0.2, -0.15) is 0 Å². The Balaban J connectivity index is 0.000000134. The van der Waals surface area contributed by atoms with Gasteiger partial charge in [0.2, 0.25) is 0 Å². The summed E-state index contributed by atoms with van der Waals surface area (Å²) in [6.45, 7) is -0.814. The van der Waals surface area contributed by atoms with Gasteiger partial charge < -0.3 is 50.6 Å². The molecule has 0 bridgehead atoms. The lowest BCUT2D eigenvalue weighted by atomic mass is 9.91. The maximum absolute atomic E-state index is 11.5. The molecule has 0 saturated carbocycles.